The minimum atomic E-state index is -0.729. The second-order valence-electron chi connectivity index (χ2n) is 13.2. The molecule has 14 nitrogen and oxygen atoms in total. The first kappa shape index (κ1) is 31.5. The molecule has 234 valence electrons. The average Bonchev–Trinajstić information content (AvgIpc) is 3.39. The van der Waals surface area contributed by atoms with Gasteiger partial charge in [-0.1, -0.05) is 13.3 Å². The van der Waals surface area contributed by atoms with Crippen molar-refractivity contribution in [1.82, 2.24) is 30.8 Å². The summed E-state index contributed by atoms with van der Waals surface area (Å²) < 4.78 is 16.6. The Bertz CT molecular complexity index is 1120. The number of fused-ring (bicyclic) bond motifs is 2. The molecule has 2 N–H and O–H groups in total. The number of nitrogens with zero attached hydrogens (tertiary/aromatic N) is 5. The summed E-state index contributed by atoms with van der Waals surface area (Å²) >= 11 is 0. The van der Waals surface area contributed by atoms with Crippen molar-refractivity contribution < 1.29 is 33.1 Å². The molecular formula is C28H45N7O7. The highest BCUT2D eigenvalue weighted by Gasteiger charge is 2.47. The minimum Gasteiger partial charge on any atom is -0.444 e. The fourth-order valence-corrected chi connectivity index (χ4v) is 5.14. The number of rotatable bonds is 8. The van der Waals surface area contributed by atoms with Crippen molar-refractivity contribution in [3.63, 3.8) is 0 Å². The van der Waals surface area contributed by atoms with Gasteiger partial charge in [0.25, 0.3) is 0 Å². The van der Waals surface area contributed by atoms with Crippen LogP contribution in [-0.2, 0) is 20.7 Å². The smallest absolute Gasteiger partial charge is 0.414 e. The number of hydrogen-bond acceptors (Lipinski definition) is 10. The number of hydrogen-bond donors (Lipinski definition) is 2. The summed E-state index contributed by atoms with van der Waals surface area (Å²) in [6, 6.07) is -0.476. The molecule has 1 aromatic rings. The molecule has 3 heterocycles. The first-order chi connectivity index (χ1) is 19.7. The first-order valence-electron chi connectivity index (χ1n) is 14.8. The molecule has 2 saturated heterocycles. The minimum absolute atomic E-state index is 0.0272. The van der Waals surface area contributed by atoms with Crippen molar-refractivity contribution in [2.75, 3.05) is 13.2 Å². The van der Waals surface area contributed by atoms with Gasteiger partial charge in [-0.25, -0.2) is 19.4 Å². The van der Waals surface area contributed by atoms with Crippen molar-refractivity contribution in [2.45, 2.75) is 123 Å². The molecule has 2 bridgehead atoms. The number of carbonyl (C=O) groups is 3. The lowest BCUT2D eigenvalue weighted by molar-refractivity contribution is -0.130. The predicted molar refractivity (Wildman–Crippen MR) is 151 cm³/mol. The molecule has 0 aromatic carbocycles. The van der Waals surface area contributed by atoms with Crippen LogP contribution in [-0.4, -0.2) is 80.8 Å². The summed E-state index contributed by atoms with van der Waals surface area (Å²) in [6.07, 6.45) is 3.98. The maximum absolute atomic E-state index is 13.0. The third-order valence-electron chi connectivity index (χ3n) is 7.04. The number of hydroxylamine groups is 2. The van der Waals surface area contributed by atoms with Gasteiger partial charge in [-0.05, 0) is 79.6 Å². The Labute approximate surface area is 246 Å². The van der Waals surface area contributed by atoms with Crippen molar-refractivity contribution >= 4 is 24.2 Å². The van der Waals surface area contributed by atoms with E-state index in [9.17, 15) is 14.4 Å². The summed E-state index contributed by atoms with van der Waals surface area (Å²) in [7, 11) is 0. The lowest BCUT2D eigenvalue weighted by atomic mass is 9.78. The highest BCUT2D eigenvalue weighted by molar-refractivity contribution is 6.01. The monoisotopic (exact) mass is 591 g/mol. The molecule has 0 radical (unpaired) electrons. The number of guanidine groups is 1. The van der Waals surface area contributed by atoms with Crippen LogP contribution in [0.1, 0.15) is 105 Å². The van der Waals surface area contributed by atoms with E-state index < -0.39 is 23.4 Å². The van der Waals surface area contributed by atoms with E-state index in [0.717, 1.165) is 25.7 Å². The van der Waals surface area contributed by atoms with Crippen molar-refractivity contribution in [3.05, 3.63) is 11.8 Å². The zero-order valence-electron chi connectivity index (χ0n) is 25.8. The molecule has 0 unspecified atom stereocenters. The number of nitrogens with one attached hydrogen (secondary N) is 2. The number of ether oxygens (including phenoxy) is 2. The summed E-state index contributed by atoms with van der Waals surface area (Å²) in [5.74, 6) is 1.18. The van der Waals surface area contributed by atoms with Crippen LogP contribution in [0.2, 0.25) is 0 Å². The Morgan fingerprint density at radius 1 is 1.02 bits per heavy atom. The Kier molecular flexibility index (Phi) is 9.63. The van der Waals surface area contributed by atoms with Gasteiger partial charge in [0.05, 0.1) is 18.7 Å². The molecule has 1 aromatic heterocycles. The number of carbonyl (C=O) groups excluding carboxylic acids is 3. The molecule has 1 aliphatic carbocycles. The van der Waals surface area contributed by atoms with Crippen LogP contribution in [0.25, 0.3) is 0 Å². The van der Waals surface area contributed by atoms with E-state index in [4.69, 9.17) is 18.7 Å². The van der Waals surface area contributed by atoms with Crippen molar-refractivity contribution in [1.29, 1.82) is 0 Å². The Hall–Kier alpha value is -3.42. The van der Waals surface area contributed by atoms with E-state index in [1.54, 1.807) is 46.4 Å². The van der Waals surface area contributed by atoms with Gasteiger partial charge in [0.1, 0.15) is 17.2 Å². The van der Waals surface area contributed by atoms with E-state index in [0.29, 0.717) is 44.2 Å². The van der Waals surface area contributed by atoms with Crippen LogP contribution in [0.3, 0.4) is 0 Å². The van der Waals surface area contributed by atoms with Gasteiger partial charge in [0.2, 0.25) is 17.7 Å². The Morgan fingerprint density at radius 2 is 1.67 bits per heavy atom. The SMILES string of the molecule is CCCCON1C(=O)N2C[C@@H]1CC[C@H]2c1nnc(CC2CC(N=C(NC(=O)OC(C)(C)C)NC(=O)OC(C)(C)C)C2)o1. The fourth-order valence-electron chi connectivity index (χ4n) is 5.14. The molecule has 2 aliphatic heterocycles. The van der Waals surface area contributed by atoms with Crippen LogP contribution in [0.15, 0.2) is 9.41 Å². The summed E-state index contributed by atoms with van der Waals surface area (Å²) in [5.41, 5.74) is -1.43. The number of aromatic nitrogens is 2. The molecule has 3 fully saturated rings. The van der Waals surface area contributed by atoms with Crippen LogP contribution < -0.4 is 10.6 Å². The second kappa shape index (κ2) is 12.8. The maximum atomic E-state index is 13.0. The molecule has 4 rings (SSSR count). The summed E-state index contributed by atoms with van der Waals surface area (Å²) in [6.45, 7) is 13.7. The number of alkyl carbamates (subject to hydrolysis) is 2. The van der Waals surface area contributed by atoms with E-state index in [-0.39, 0.29) is 36.0 Å². The maximum Gasteiger partial charge on any atom is 0.414 e. The van der Waals surface area contributed by atoms with Gasteiger partial charge >= 0.3 is 18.2 Å². The first-order valence-corrected chi connectivity index (χ1v) is 14.8. The van der Waals surface area contributed by atoms with E-state index in [2.05, 4.69) is 32.7 Å². The molecule has 2 atom stereocenters. The number of piperidine rings is 1. The van der Waals surface area contributed by atoms with Gasteiger partial charge in [-0.3, -0.25) is 15.5 Å². The number of amides is 4. The summed E-state index contributed by atoms with van der Waals surface area (Å²) in [5, 5.41) is 15.1. The molecule has 14 heteroatoms. The Morgan fingerprint density at radius 3 is 2.26 bits per heavy atom. The molecule has 3 aliphatic rings. The van der Waals surface area contributed by atoms with Crippen LogP contribution >= 0.6 is 0 Å². The zero-order valence-corrected chi connectivity index (χ0v) is 25.8. The van der Waals surface area contributed by atoms with Crippen LogP contribution in [0, 0.1) is 5.92 Å². The third kappa shape index (κ3) is 8.55. The summed E-state index contributed by atoms with van der Waals surface area (Å²) in [4.78, 5) is 49.7. The molecule has 4 amide bonds. The average molecular weight is 592 g/mol. The lowest BCUT2D eigenvalue weighted by Crippen LogP contribution is -2.48. The normalized spacial score (nSPS) is 23.7. The molecule has 1 saturated carbocycles. The number of aliphatic imine (C=N–C) groups is 1. The van der Waals surface area contributed by atoms with Gasteiger partial charge in [0, 0.05) is 13.0 Å². The third-order valence-corrected chi connectivity index (χ3v) is 7.04. The number of unbranched alkanes of at least 4 members (excludes halogenated alkanes) is 1. The van der Waals surface area contributed by atoms with E-state index >= 15 is 0 Å². The lowest BCUT2D eigenvalue weighted by Gasteiger charge is -2.32. The number of urea groups is 1. The predicted octanol–water partition coefficient (Wildman–Crippen LogP) is 4.47. The second-order valence-corrected chi connectivity index (χ2v) is 13.2. The van der Waals surface area contributed by atoms with E-state index in [1.165, 1.54) is 5.06 Å². The van der Waals surface area contributed by atoms with Gasteiger partial charge in [0.15, 0.2) is 0 Å². The highest BCUT2D eigenvalue weighted by atomic mass is 16.7. The van der Waals surface area contributed by atoms with E-state index in [1.807, 2.05) is 0 Å². The molecular weight excluding hydrogens is 546 g/mol. The molecule has 42 heavy (non-hydrogen) atoms. The highest BCUT2D eigenvalue weighted by Crippen LogP contribution is 2.39. The quantitative estimate of drug-likeness (QED) is 0.252. The Balaban J connectivity index is 1.31. The fraction of sp³-hybridized carbons (Fsp3) is 0.786. The molecule has 0 spiro atoms. The van der Waals surface area contributed by atoms with Crippen LogP contribution in [0.5, 0.6) is 0 Å². The van der Waals surface area contributed by atoms with Gasteiger partial charge in [-0.2, -0.15) is 5.06 Å². The van der Waals surface area contributed by atoms with Crippen LogP contribution in [0.4, 0.5) is 14.4 Å². The standard InChI is InChI=1S/C28H45N7O7/c1-8-9-12-39-35-19-10-11-20(34(16-19)26(35)38)22-33-32-21(40-22)15-17-13-18(14-17)29-23(30-24(36)41-27(2,3)4)31-25(37)42-28(5,6)7/h17-20H,8-16H2,1-7H3,(H2,29,30,31,36,37)/t17?,18?,19-,20-/m0/s1. The largest absolute Gasteiger partial charge is 0.444 e. The topological polar surface area (TPSA) is 161 Å². The van der Waals surface area contributed by atoms with Crippen molar-refractivity contribution in [2.24, 2.45) is 10.9 Å². The zero-order chi connectivity index (χ0) is 30.7. The van der Waals surface area contributed by atoms with Crippen molar-refractivity contribution in [3.8, 4) is 0 Å². The van der Waals surface area contributed by atoms with Gasteiger partial charge in [-0.15, -0.1) is 10.2 Å². The van der Waals surface area contributed by atoms with Gasteiger partial charge < -0.3 is 18.8 Å².